The fourth-order valence-corrected chi connectivity index (χ4v) is 3.23. The van der Waals surface area contributed by atoms with Crippen LogP contribution >= 0.6 is 0 Å². The fraction of sp³-hybridized carbons (Fsp3) is 0.429. The average molecular weight is 297 g/mol. The van der Waals surface area contributed by atoms with Gasteiger partial charge in [0.2, 0.25) is 10.0 Å². The van der Waals surface area contributed by atoms with Crippen molar-refractivity contribution in [1.82, 2.24) is 0 Å². The molecule has 2 N–H and O–H groups in total. The number of sulfonamides is 1. The number of aliphatic hydroxyl groups excluding tert-OH is 1. The van der Waals surface area contributed by atoms with Crippen molar-refractivity contribution in [1.29, 1.82) is 0 Å². The van der Waals surface area contributed by atoms with Crippen LogP contribution in [-0.4, -0.2) is 25.9 Å². The van der Waals surface area contributed by atoms with E-state index in [1.807, 2.05) is 0 Å². The Morgan fingerprint density at radius 1 is 1.40 bits per heavy atom. The third kappa shape index (κ3) is 4.51. The van der Waals surface area contributed by atoms with Crippen molar-refractivity contribution in [2.24, 2.45) is 5.92 Å². The first kappa shape index (κ1) is 14.8. The van der Waals surface area contributed by atoms with Crippen molar-refractivity contribution in [3.05, 3.63) is 29.6 Å². The monoisotopic (exact) mass is 297 g/mol. The highest BCUT2D eigenvalue weighted by Gasteiger charge is 2.28. The van der Waals surface area contributed by atoms with E-state index < -0.39 is 15.8 Å². The van der Waals surface area contributed by atoms with Gasteiger partial charge in [0.1, 0.15) is 5.82 Å². The lowest BCUT2D eigenvalue weighted by Crippen LogP contribution is -2.17. The number of benzene rings is 1. The highest BCUT2D eigenvalue weighted by atomic mass is 32.2. The lowest BCUT2D eigenvalue weighted by atomic mass is 10.2. The Balaban J connectivity index is 2.07. The zero-order chi connectivity index (χ0) is 14.6. The molecule has 0 heterocycles. The van der Waals surface area contributed by atoms with Gasteiger partial charge in [0.25, 0.3) is 0 Å². The van der Waals surface area contributed by atoms with Crippen LogP contribution in [0.25, 0.3) is 0 Å². The largest absolute Gasteiger partial charge is 0.395 e. The molecule has 1 saturated carbocycles. The molecule has 1 aromatic carbocycles. The maximum Gasteiger partial charge on any atom is 0.232 e. The molecule has 20 heavy (non-hydrogen) atoms. The SMILES string of the molecule is O=S(=O)(CC1CC1)Nc1ccc(C#CCCO)c(F)c1. The lowest BCUT2D eigenvalue weighted by Gasteiger charge is -2.07. The molecule has 0 spiro atoms. The lowest BCUT2D eigenvalue weighted by molar-refractivity contribution is 0.305. The molecule has 1 aliphatic carbocycles. The summed E-state index contributed by atoms with van der Waals surface area (Å²) < 4.78 is 39.6. The summed E-state index contributed by atoms with van der Waals surface area (Å²) in [4.78, 5) is 0. The Kier molecular flexibility index (Phi) is 4.63. The van der Waals surface area contributed by atoms with Crippen molar-refractivity contribution >= 4 is 15.7 Å². The van der Waals surface area contributed by atoms with Crippen LogP contribution in [-0.2, 0) is 10.0 Å². The van der Waals surface area contributed by atoms with E-state index in [9.17, 15) is 12.8 Å². The molecular weight excluding hydrogens is 281 g/mol. The Morgan fingerprint density at radius 3 is 2.75 bits per heavy atom. The topological polar surface area (TPSA) is 66.4 Å². The summed E-state index contributed by atoms with van der Waals surface area (Å²) in [6, 6.07) is 4.03. The Bertz CT molecular complexity index is 642. The first-order chi connectivity index (χ1) is 9.50. The molecule has 0 bridgehead atoms. The smallest absolute Gasteiger partial charge is 0.232 e. The van der Waals surface area contributed by atoms with E-state index in [2.05, 4.69) is 16.6 Å². The number of hydrogen-bond donors (Lipinski definition) is 2. The zero-order valence-electron chi connectivity index (χ0n) is 10.9. The summed E-state index contributed by atoms with van der Waals surface area (Å²) in [7, 11) is -3.41. The van der Waals surface area contributed by atoms with Crippen LogP contribution in [0.15, 0.2) is 18.2 Å². The third-order valence-electron chi connectivity index (χ3n) is 2.85. The Hall–Kier alpha value is -1.58. The Labute approximate surface area is 118 Å². The third-order valence-corrected chi connectivity index (χ3v) is 4.31. The Morgan fingerprint density at radius 2 is 2.15 bits per heavy atom. The van der Waals surface area contributed by atoms with Crippen LogP contribution in [0.4, 0.5) is 10.1 Å². The predicted molar refractivity (Wildman–Crippen MR) is 75.1 cm³/mol. The van der Waals surface area contributed by atoms with Gasteiger partial charge in [-0.3, -0.25) is 4.72 Å². The highest BCUT2D eigenvalue weighted by molar-refractivity contribution is 7.92. The second kappa shape index (κ2) is 6.25. The number of aliphatic hydroxyl groups is 1. The molecule has 1 aliphatic rings. The van der Waals surface area contributed by atoms with E-state index in [0.717, 1.165) is 18.9 Å². The van der Waals surface area contributed by atoms with Gasteiger partial charge in [-0.25, -0.2) is 12.8 Å². The maximum atomic E-state index is 13.7. The summed E-state index contributed by atoms with van der Waals surface area (Å²) in [5.74, 6) is 4.95. The second-order valence-electron chi connectivity index (χ2n) is 4.80. The molecule has 0 saturated heterocycles. The second-order valence-corrected chi connectivity index (χ2v) is 6.56. The van der Waals surface area contributed by atoms with Gasteiger partial charge >= 0.3 is 0 Å². The maximum absolute atomic E-state index is 13.7. The minimum absolute atomic E-state index is 0.0757. The molecular formula is C14H16FNO3S. The van der Waals surface area contributed by atoms with E-state index in [1.165, 1.54) is 12.1 Å². The van der Waals surface area contributed by atoms with Gasteiger partial charge in [0.15, 0.2) is 0 Å². The summed E-state index contributed by atoms with van der Waals surface area (Å²) in [6.45, 7) is -0.0757. The van der Waals surface area contributed by atoms with Crippen LogP contribution in [0, 0.1) is 23.6 Å². The van der Waals surface area contributed by atoms with Crippen molar-refractivity contribution in [2.45, 2.75) is 19.3 Å². The summed E-state index contributed by atoms with van der Waals surface area (Å²) in [5.41, 5.74) is 0.388. The highest BCUT2D eigenvalue weighted by Crippen LogP contribution is 2.30. The van der Waals surface area contributed by atoms with E-state index in [-0.39, 0.29) is 35.9 Å². The number of halogens is 1. The summed E-state index contributed by atoms with van der Waals surface area (Å²) in [6.07, 6.45) is 2.15. The van der Waals surface area contributed by atoms with Crippen LogP contribution in [0.3, 0.4) is 0 Å². The van der Waals surface area contributed by atoms with Crippen LogP contribution in [0.1, 0.15) is 24.8 Å². The average Bonchev–Trinajstić information content (AvgIpc) is 3.14. The molecule has 108 valence electrons. The molecule has 1 aromatic rings. The first-order valence-electron chi connectivity index (χ1n) is 6.40. The predicted octanol–water partition coefficient (Wildman–Crippen LogP) is 1.71. The first-order valence-corrected chi connectivity index (χ1v) is 8.05. The standard InChI is InChI=1S/C14H16FNO3S/c15-14-9-13(7-6-12(14)3-1-2-8-17)16-20(18,19)10-11-4-5-11/h6-7,9,11,16-17H,2,4-5,8,10H2. The molecule has 4 nitrogen and oxygen atoms in total. The molecule has 6 heteroatoms. The summed E-state index contributed by atoms with van der Waals surface area (Å²) >= 11 is 0. The van der Waals surface area contributed by atoms with Crippen LogP contribution in [0.2, 0.25) is 0 Å². The fourth-order valence-electron chi connectivity index (χ4n) is 1.71. The van der Waals surface area contributed by atoms with Crippen molar-refractivity contribution in [3.63, 3.8) is 0 Å². The number of anilines is 1. The van der Waals surface area contributed by atoms with E-state index in [4.69, 9.17) is 5.11 Å². The molecule has 0 unspecified atom stereocenters. The molecule has 0 radical (unpaired) electrons. The quantitative estimate of drug-likeness (QED) is 0.813. The molecule has 0 aromatic heterocycles. The number of rotatable bonds is 5. The normalized spacial score (nSPS) is 14.5. The van der Waals surface area contributed by atoms with Gasteiger partial charge in [-0.05, 0) is 37.0 Å². The molecule has 0 atom stereocenters. The number of hydrogen-bond acceptors (Lipinski definition) is 3. The van der Waals surface area contributed by atoms with Crippen molar-refractivity contribution in [2.75, 3.05) is 17.1 Å². The van der Waals surface area contributed by atoms with Gasteiger partial charge in [0, 0.05) is 6.42 Å². The molecule has 0 aliphatic heterocycles. The molecule has 0 amide bonds. The van der Waals surface area contributed by atoms with Gasteiger partial charge in [-0.2, -0.15) is 0 Å². The minimum Gasteiger partial charge on any atom is -0.395 e. The van der Waals surface area contributed by atoms with Crippen LogP contribution < -0.4 is 4.72 Å². The van der Waals surface area contributed by atoms with Gasteiger partial charge in [-0.1, -0.05) is 11.8 Å². The van der Waals surface area contributed by atoms with E-state index >= 15 is 0 Å². The summed E-state index contributed by atoms with van der Waals surface area (Å²) in [5, 5.41) is 8.59. The van der Waals surface area contributed by atoms with E-state index in [0.29, 0.717) is 0 Å². The van der Waals surface area contributed by atoms with Crippen molar-refractivity contribution < 1.29 is 17.9 Å². The van der Waals surface area contributed by atoms with Crippen molar-refractivity contribution in [3.8, 4) is 11.8 Å². The molecule has 2 rings (SSSR count). The number of nitrogens with one attached hydrogen (secondary N) is 1. The van der Waals surface area contributed by atoms with Gasteiger partial charge in [-0.15, -0.1) is 0 Å². The zero-order valence-corrected chi connectivity index (χ0v) is 11.7. The minimum atomic E-state index is -3.41. The molecule has 1 fully saturated rings. The van der Waals surface area contributed by atoms with Crippen LogP contribution in [0.5, 0.6) is 0 Å². The van der Waals surface area contributed by atoms with E-state index in [1.54, 1.807) is 0 Å². The van der Waals surface area contributed by atoms with Gasteiger partial charge < -0.3 is 5.11 Å². The van der Waals surface area contributed by atoms with Gasteiger partial charge in [0.05, 0.1) is 23.6 Å².